The average Bonchev–Trinajstić information content (AvgIpc) is 3.19. The van der Waals surface area contributed by atoms with E-state index < -0.39 is 29.8 Å². The van der Waals surface area contributed by atoms with Crippen LogP contribution >= 0.6 is 11.3 Å². The summed E-state index contributed by atoms with van der Waals surface area (Å²) in [5, 5.41) is 12.6. The van der Waals surface area contributed by atoms with Gasteiger partial charge in [-0.2, -0.15) is 13.2 Å². The Bertz CT molecular complexity index is 868. The van der Waals surface area contributed by atoms with Gasteiger partial charge in [-0.3, -0.25) is 4.79 Å². The number of carbonyl (C=O) groups excluding carboxylic acids is 1. The van der Waals surface area contributed by atoms with E-state index in [1.807, 2.05) is 0 Å². The minimum Gasteiger partial charge on any atom is -0.472 e. The lowest BCUT2D eigenvalue weighted by molar-refractivity contribution is -0.136. The van der Waals surface area contributed by atoms with Gasteiger partial charge in [0.15, 0.2) is 0 Å². The van der Waals surface area contributed by atoms with Gasteiger partial charge in [-0.1, -0.05) is 0 Å². The summed E-state index contributed by atoms with van der Waals surface area (Å²) in [5.41, 5.74) is -1.000. The van der Waals surface area contributed by atoms with E-state index in [9.17, 15) is 22.8 Å². The zero-order valence-corrected chi connectivity index (χ0v) is 14.3. The van der Waals surface area contributed by atoms with Crippen LogP contribution in [-0.4, -0.2) is 53.2 Å². The first-order valence-electron chi connectivity index (χ1n) is 7.56. The van der Waals surface area contributed by atoms with Crippen molar-refractivity contribution in [3.8, 4) is 5.88 Å². The molecule has 7 nitrogen and oxygen atoms in total. The first kappa shape index (κ1) is 18.2. The first-order chi connectivity index (χ1) is 12.2. The first-order valence-corrected chi connectivity index (χ1v) is 8.44. The second-order valence-corrected chi connectivity index (χ2v) is 6.55. The molecule has 0 radical (unpaired) electrons. The molecular weight excluding hydrogens is 375 g/mol. The van der Waals surface area contributed by atoms with Crippen LogP contribution in [0.25, 0.3) is 10.2 Å². The van der Waals surface area contributed by atoms with Gasteiger partial charge in [0.2, 0.25) is 5.88 Å². The Morgan fingerprint density at radius 2 is 2.19 bits per heavy atom. The molecule has 0 aromatic carbocycles. The average molecular weight is 389 g/mol. The fourth-order valence-corrected chi connectivity index (χ4v) is 3.74. The van der Waals surface area contributed by atoms with Gasteiger partial charge in [-0.25, -0.2) is 9.78 Å². The van der Waals surface area contributed by atoms with Crippen molar-refractivity contribution < 1.29 is 32.6 Å². The predicted molar refractivity (Wildman–Crippen MR) is 86.6 cm³/mol. The number of nitrogens with one attached hydrogen (secondary N) is 1. The van der Waals surface area contributed by atoms with E-state index in [1.165, 1.54) is 12.4 Å². The molecule has 2 aromatic heterocycles. The van der Waals surface area contributed by atoms with Crippen LogP contribution in [0.1, 0.15) is 22.3 Å². The highest BCUT2D eigenvalue weighted by molar-refractivity contribution is 7.17. The molecule has 0 bridgehead atoms. The van der Waals surface area contributed by atoms with Crippen molar-refractivity contribution in [2.24, 2.45) is 0 Å². The number of alkyl halides is 3. The molecule has 140 valence electrons. The normalized spacial score (nSPS) is 17.5. The van der Waals surface area contributed by atoms with Gasteiger partial charge in [0, 0.05) is 31.5 Å². The minimum absolute atomic E-state index is 0.0297. The zero-order chi connectivity index (χ0) is 19.1. The van der Waals surface area contributed by atoms with Gasteiger partial charge in [-0.05, 0) is 0 Å². The summed E-state index contributed by atoms with van der Waals surface area (Å²) >= 11 is 0.782. The van der Waals surface area contributed by atoms with Crippen molar-refractivity contribution in [1.82, 2.24) is 15.2 Å². The lowest BCUT2D eigenvalue weighted by Gasteiger charge is -2.16. The highest BCUT2D eigenvalue weighted by atomic mass is 32.1. The highest BCUT2D eigenvalue weighted by Crippen LogP contribution is 2.40. The van der Waals surface area contributed by atoms with Gasteiger partial charge in [-0.15, -0.1) is 11.3 Å². The van der Waals surface area contributed by atoms with Crippen molar-refractivity contribution in [2.45, 2.75) is 18.7 Å². The molecule has 1 aliphatic heterocycles. The third kappa shape index (κ3) is 3.39. The van der Waals surface area contributed by atoms with E-state index in [0.717, 1.165) is 22.3 Å². The van der Waals surface area contributed by atoms with Crippen molar-refractivity contribution in [2.75, 3.05) is 20.1 Å². The van der Waals surface area contributed by atoms with Crippen LogP contribution in [0.2, 0.25) is 0 Å². The van der Waals surface area contributed by atoms with Gasteiger partial charge in [0.1, 0.15) is 6.10 Å². The number of hydrogen-bond donors (Lipinski definition) is 2. The largest absolute Gasteiger partial charge is 0.472 e. The van der Waals surface area contributed by atoms with Crippen LogP contribution in [-0.2, 0) is 6.18 Å². The summed E-state index contributed by atoms with van der Waals surface area (Å²) in [6, 6.07) is 0.788. The molecule has 1 fully saturated rings. The Morgan fingerprint density at radius 3 is 2.77 bits per heavy atom. The number of amides is 2. The Kier molecular flexibility index (Phi) is 4.65. The Balaban J connectivity index is 2.00. The lowest BCUT2D eigenvalue weighted by Crippen LogP contribution is -2.29. The van der Waals surface area contributed by atoms with E-state index in [2.05, 4.69) is 10.3 Å². The van der Waals surface area contributed by atoms with Gasteiger partial charge >= 0.3 is 12.3 Å². The molecule has 0 aliphatic carbocycles. The molecule has 0 saturated carbocycles. The van der Waals surface area contributed by atoms with E-state index in [-0.39, 0.29) is 34.7 Å². The number of halogens is 3. The fourth-order valence-electron chi connectivity index (χ4n) is 2.72. The third-order valence-corrected chi connectivity index (χ3v) is 4.98. The molecule has 11 heteroatoms. The number of thiophene rings is 1. The van der Waals surface area contributed by atoms with Gasteiger partial charge in [0.25, 0.3) is 5.91 Å². The fraction of sp³-hybridized carbons (Fsp3) is 0.400. The maximum atomic E-state index is 13.4. The monoisotopic (exact) mass is 389 g/mol. The standard InChI is InChI=1S/C15H14F3N3O4S/c1-19-13(22)8-6-26-12-9(15(16,17)18)4-10(20-11(8)12)25-7-2-3-21(5-7)14(23)24/h4,6-7H,2-3,5H2,1H3,(H,19,22)(H,23,24). The number of ether oxygens (including phenoxy) is 1. The third-order valence-electron chi connectivity index (χ3n) is 3.98. The second kappa shape index (κ2) is 6.63. The Hall–Kier alpha value is -2.56. The number of hydrogen-bond acceptors (Lipinski definition) is 5. The number of fused-ring (bicyclic) bond motifs is 1. The van der Waals surface area contributed by atoms with E-state index >= 15 is 0 Å². The number of aromatic nitrogens is 1. The van der Waals surface area contributed by atoms with E-state index in [0.29, 0.717) is 6.42 Å². The highest BCUT2D eigenvalue weighted by Gasteiger charge is 2.36. The molecule has 1 aliphatic rings. The summed E-state index contributed by atoms with van der Waals surface area (Å²) in [5.74, 6) is -0.836. The molecule has 2 amide bonds. The van der Waals surface area contributed by atoms with Crippen molar-refractivity contribution >= 4 is 33.6 Å². The maximum absolute atomic E-state index is 13.4. The number of rotatable bonds is 3. The molecule has 3 heterocycles. The molecule has 1 unspecified atom stereocenters. The van der Waals surface area contributed by atoms with Crippen LogP contribution in [0.5, 0.6) is 5.88 Å². The van der Waals surface area contributed by atoms with Gasteiger partial charge in [0.05, 0.1) is 27.9 Å². The van der Waals surface area contributed by atoms with Crippen molar-refractivity contribution in [3.63, 3.8) is 0 Å². The van der Waals surface area contributed by atoms with Crippen LogP contribution in [0.4, 0.5) is 18.0 Å². The smallest absolute Gasteiger partial charge is 0.418 e. The van der Waals surface area contributed by atoms with Crippen LogP contribution in [0.3, 0.4) is 0 Å². The molecule has 2 aromatic rings. The number of likely N-dealkylation sites (tertiary alicyclic amines) is 1. The predicted octanol–water partition coefficient (Wildman–Crippen LogP) is 2.81. The number of carboxylic acid groups (broad SMARTS) is 1. The Labute approximate surface area is 149 Å². The maximum Gasteiger partial charge on any atom is 0.418 e. The van der Waals surface area contributed by atoms with Crippen LogP contribution in [0.15, 0.2) is 11.4 Å². The number of carbonyl (C=O) groups is 2. The molecule has 3 rings (SSSR count). The second-order valence-electron chi connectivity index (χ2n) is 5.67. The van der Waals surface area contributed by atoms with Crippen molar-refractivity contribution in [1.29, 1.82) is 0 Å². The molecule has 1 saturated heterocycles. The number of pyridine rings is 1. The zero-order valence-electron chi connectivity index (χ0n) is 13.5. The van der Waals surface area contributed by atoms with Crippen LogP contribution in [0, 0.1) is 0 Å². The summed E-state index contributed by atoms with van der Waals surface area (Å²) in [4.78, 5) is 28.0. The van der Waals surface area contributed by atoms with Crippen molar-refractivity contribution in [3.05, 3.63) is 22.6 Å². The quantitative estimate of drug-likeness (QED) is 0.842. The lowest BCUT2D eigenvalue weighted by atomic mass is 10.2. The molecule has 2 N–H and O–H groups in total. The molecule has 1 atom stereocenters. The molecule has 0 spiro atoms. The summed E-state index contributed by atoms with van der Waals surface area (Å²) in [6.45, 7) is 0.276. The minimum atomic E-state index is -4.65. The number of nitrogens with zero attached hydrogens (tertiary/aromatic N) is 2. The summed E-state index contributed by atoms with van der Waals surface area (Å²) in [6.07, 6.45) is -6.01. The molecular formula is C15H14F3N3O4S. The SMILES string of the molecule is CNC(=O)c1csc2c(C(F)(F)F)cc(OC3CCN(C(=O)O)C3)nc12. The molecule has 26 heavy (non-hydrogen) atoms. The van der Waals surface area contributed by atoms with Gasteiger partial charge < -0.3 is 20.1 Å². The van der Waals surface area contributed by atoms with E-state index in [1.54, 1.807) is 0 Å². The van der Waals surface area contributed by atoms with E-state index in [4.69, 9.17) is 9.84 Å². The summed E-state index contributed by atoms with van der Waals surface area (Å²) in [7, 11) is 1.37. The topological polar surface area (TPSA) is 91.8 Å². The summed E-state index contributed by atoms with van der Waals surface area (Å²) < 4.78 is 45.6. The Morgan fingerprint density at radius 1 is 1.46 bits per heavy atom. The van der Waals surface area contributed by atoms with Crippen LogP contribution < -0.4 is 10.1 Å².